The second kappa shape index (κ2) is 37.5. The first-order valence-electron chi connectivity index (χ1n) is 20.1. The Morgan fingerprint density at radius 2 is 1.00 bits per heavy atom. The number of carbonyl (C=O) groups excluding carboxylic acids is 3. The van der Waals surface area contributed by atoms with Crippen LogP contribution in [0.25, 0.3) is 0 Å². The summed E-state index contributed by atoms with van der Waals surface area (Å²) in [6.45, 7) is 11.0. The molecule has 0 aliphatic rings. The predicted octanol–water partition coefficient (Wildman–Crippen LogP) is 10.3. The highest BCUT2D eigenvalue weighted by Gasteiger charge is 2.13. The minimum atomic E-state index is -0.105. The molecule has 1 amide bonds. The van der Waals surface area contributed by atoms with Gasteiger partial charge in [-0.1, -0.05) is 122 Å². The van der Waals surface area contributed by atoms with Gasteiger partial charge in [-0.15, -0.1) is 0 Å². The highest BCUT2D eigenvalue weighted by molar-refractivity contribution is 7.99. The molecule has 0 aromatic carbocycles. The molecule has 0 atom stereocenters. The van der Waals surface area contributed by atoms with Crippen LogP contribution in [0.2, 0.25) is 0 Å². The monoisotopic (exact) mass is 709 g/mol. The van der Waals surface area contributed by atoms with Gasteiger partial charge in [0.1, 0.15) is 13.2 Å². The van der Waals surface area contributed by atoms with Crippen molar-refractivity contribution in [2.75, 3.05) is 57.9 Å². The van der Waals surface area contributed by atoms with Crippen LogP contribution in [0.15, 0.2) is 24.3 Å². The van der Waals surface area contributed by atoms with Crippen molar-refractivity contribution >= 4 is 29.6 Å². The molecule has 0 spiro atoms. The quantitative estimate of drug-likeness (QED) is 0.0364. The van der Waals surface area contributed by atoms with E-state index in [0.717, 1.165) is 109 Å². The Labute approximate surface area is 306 Å². The van der Waals surface area contributed by atoms with Gasteiger partial charge >= 0.3 is 11.9 Å². The van der Waals surface area contributed by atoms with Gasteiger partial charge in [0.2, 0.25) is 5.91 Å². The first-order chi connectivity index (χ1) is 23.9. The molecule has 0 saturated carbocycles. The summed E-state index contributed by atoms with van der Waals surface area (Å²) in [6, 6.07) is 0. The Bertz CT molecular complexity index is 783. The third-order valence-corrected chi connectivity index (χ3v) is 9.74. The molecule has 0 aliphatic carbocycles. The Morgan fingerprint density at radius 1 is 0.551 bits per heavy atom. The van der Waals surface area contributed by atoms with Crippen LogP contribution in [0.1, 0.15) is 162 Å². The number of allylic oxidation sites excluding steroid dienone is 2. The summed E-state index contributed by atoms with van der Waals surface area (Å²) in [6.07, 6.45) is 31.3. The van der Waals surface area contributed by atoms with E-state index in [4.69, 9.17) is 9.47 Å². The van der Waals surface area contributed by atoms with E-state index in [1.165, 1.54) is 51.4 Å². The van der Waals surface area contributed by atoms with Crippen LogP contribution in [0.5, 0.6) is 0 Å². The highest BCUT2D eigenvalue weighted by atomic mass is 32.2. The summed E-state index contributed by atoms with van der Waals surface area (Å²) in [4.78, 5) is 41.5. The van der Waals surface area contributed by atoms with E-state index in [9.17, 15) is 14.4 Å². The fourth-order valence-electron chi connectivity index (χ4n) is 5.37. The molecule has 0 saturated heterocycles. The van der Waals surface area contributed by atoms with E-state index < -0.39 is 0 Å². The van der Waals surface area contributed by atoms with Crippen LogP contribution >= 0.6 is 11.8 Å². The molecule has 0 heterocycles. The maximum absolute atomic E-state index is 13.1. The van der Waals surface area contributed by atoms with E-state index in [0.29, 0.717) is 31.8 Å². The Hall–Kier alpha value is -1.80. The predicted molar refractivity (Wildman–Crippen MR) is 210 cm³/mol. The van der Waals surface area contributed by atoms with Crippen molar-refractivity contribution < 1.29 is 23.9 Å². The number of esters is 2. The van der Waals surface area contributed by atoms with Crippen molar-refractivity contribution in [2.24, 2.45) is 0 Å². The number of rotatable bonds is 36. The zero-order valence-corrected chi connectivity index (χ0v) is 33.2. The summed E-state index contributed by atoms with van der Waals surface area (Å²) in [5.74, 6) is 1.56. The topological polar surface area (TPSA) is 76.1 Å². The average molecular weight is 709 g/mol. The Morgan fingerprint density at radius 3 is 1.47 bits per heavy atom. The van der Waals surface area contributed by atoms with Crippen LogP contribution in [0.4, 0.5) is 0 Å². The van der Waals surface area contributed by atoms with Gasteiger partial charge < -0.3 is 19.3 Å². The molecular formula is C41H76N2O5S. The number of hydrogen-bond donors (Lipinski definition) is 0. The van der Waals surface area contributed by atoms with E-state index in [-0.39, 0.29) is 17.8 Å². The second-order valence-corrected chi connectivity index (χ2v) is 14.5. The van der Waals surface area contributed by atoms with Gasteiger partial charge in [0.05, 0.1) is 5.75 Å². The number of thioether (sulfide) groups is 1. The van der Waals surface area contributed by atoms with Gasteiger partial charge in [0.25, 0.3) is 0 Å². The summed E-state index contributed by atoms with van der Waals surface area (Å²) >= 11 is 1.73. The van der Waals surface area contributed by atoms with E-state index in [2.05, 4.69) is 49.8 Å². The molecule has 0 fully saturated rings. The smallest absolute Gasteiger partial charge is 0.306 e. The fraction of sp³-hybridized carbons (Fsp3) is 0.829. The number of unbranched alkanes of at least 4 members (excludes halogenated alkanes) is 16. The highest BCUT2D eigenvalue weighted by Crippen LogP contribution is 2.12. The van der Waals surface area contributed by atoms with Crippen molar-refractivity contribution in [3.8, 4) is 0 Å². The second-order valence-electron chi connectivity index (χ2n) is 13.4. The number of ether oxygens (including phenoxy) is 2. The van der Waals surface area contributed by atoms with Crippen molar-refractivity contribution in [2.45, 2.75) is 162 Å². The molecule has 8 heteroatoms. The van der Waals surface area contributed by atoms with Crippen molar-refractivity contribution in [1.29, 1.82) is 0 Å². The lowest BCUT2D eigenvalue weighted by Gasteiger charge is -2.23. The lowest BCUT2D eigenvalue weighted by Crippen LogP contribution is -2.34. The minimum Gasteiger partial charge on any atom is -0.461 e. The molecule has 0 rings (SSSR count). The molecule has 0 bridgehead atoms. The van der Waals surface area contributed by atoms with Crippen LogP contribution in [0.3, 0.4) is 0 Å². The SMILES string of the molecule is CCCCCC/C=C\COC(=O)CCCCCCCN(CCCCCCCC(=O)OC/C=C\CCCCCC)C(=O)CSCCN(C)CC. The van der Waals surface area contributed by atoms with Gasteiger partial charge in [0.15, 0.2) is 0 Å². The van der Waals surface area contributed by atoms with Gasteiger partial charge in [0, 0.05) is 38.2 Å². The van der Waals surface area contributed by atoms with Crippen molar-refractivity contribution in [3.63, 3.8) is 0 Å². The number of nitrogens with zero attached hydrogens (tertiary/aromatic N) is 2. The zero-order chi connectivity index (χ0) is 36.0. The van der Waals surface area contributed by atoms with Crippen molar-refractivity contribution in [3.05, 3.63) is 24.3 Å². The lowest BCUT2D eigenvalue weighted by atomic mass is 10.1. The summed E-state index contributed by atoms with van der Waals surface area (Å²) in [5, 5.41) is 0. The maximum atomic E-state index is 13.1. The summed E-state index contributed by atoms with van der Waals surface area (Å²) < 4.78 is 10.7. The van der Waals surface area contributed by atoms with Gasteiger partial charge in [-0.05, 0) is 65.0 Å². The van der Waals surface area contributed by atoms with Gasteiger partial charge in [-0.3, -0.25) is 14.4 Å². The third kappa shape index (κ3) is 34.4. The standard InChI is InChI=1S/C41H76N2O5S/c1-5-8-10-12-14-22-28-35-47-40(45)30-24-18-16-20-26-32-43(39(44)38-49-37-34-42(4)7-3)33-27-21-17-19-25-31-41(46)48-36-29-23-15-13-11-9-6-2/h22-23,28-29H,5-21,24-27,30-38H2,1-4H3/b28-22-,29-23-. The molecule has 0 aromatic rings. The minimum absolute atomic E-state index is 0.105. The van der Waals surface area contributed by atoms with E-state index in [1.54, 1.807) is 11.8 Å². The summed E-state index contributed by atoms with van der Waals surface area (Å²) in [5.41, 5.74) is 0. The van der Waals surface area contributed by atoms with Crippen LogP contribution < -0.4 is 0 Å². The number of carbonyl (C=O) groups is 3. The average Bonchev–Trinajstić information content (AvgIpc) is 3.10. The maximum Gasteiger partial charge on any atom is 0.306 e. The molecule has 0 aliphatic heterocycles. The number of amides is 1. The molecule has 286 valence electrons. The van der Waals surface area contributed by atoms with Crippen molar-refractivity contribution in [1.82, 2.24) is 9.80 Å². The van der Waals surface area contributed by atoms with E-state index >= 15 is 0 Å². The third-order valence-electron chi connectivity index (χ3n) is 8.82. The fourth-order valence-corrected chi connectivity index (χ4v) is 6.31. The molecule has 0 N–H and O–H groups in total. The van der Waals surface area contributed by atoms with Crippen LogP contribution in [-0.4, -0.2) is 85.6 Å². The first kappa shape index (κ1) is 47.2. The largest absolute Gasteiger partial charge is 0.461 e. The van der Waals surface area contributed by atoms with E-state index in [1.807, 2.05) is 12.2 Å². The van der Waals surface area contributed by atoms with Gasteiger partial charge in [-0.25, -0.2) is 0 Å². The zero-order valence-electron chi connectivity index (χ0n) is 32.4. The number of hydrogen-bond acceptors (Lipinski definition) is 7. The van der Waals surface area contributed by atoms with Crippen LogP contribution in [-0.2, 0) is 23.9 Å². The molecule has 0 unspecified atom stereocenters. The first-order valence-corrected chi connectivity index (χ1v) is 21.2. The molecule has 49 heavy (non-hydrogen) atoms. The Balaban J connectivity index is 4.18. The molecule has 0 radical (unpaired) electrons. The molecular weight excluding hydrogens is 633 g/mol. The van der Waals surface area contributed by atoms with Gasteiger partial charge in [-0.2, -0.15) is 11.8 Å². The summed E-state index contributed by atoms with van der Waals surface area (Å²) in [7, 11) is 2.11. The Kier molecular flexibility index (Phi) is 36.1. The lowest BCUT2D eigenvalue weighted by molar-refractivity contribution is -0.143. The molecule has 7 nitrogen and oxygen atoms in total. The van der Waals surface area contributed by atoms with Crippen LogP contribution in [0, 0.1) is 0 Å². The normalized spacial score (nSPS) is 11.6. The molecule has 0 aromatic heterocycles.